The summed E-state index contributed by atoms with van der Waals surface area (Å²) in [6.07, 6.45) is 1.94. The molecule has 0 amide bonds. The Morgan fingerprint density at radius 3 is 3.00 bits per heavy atom. The predicted molar refractivity (Wildman–Crippen MR) is 72.2 cm³/mol. The summed E-state index contributed by atoms with van der Waals surface area (Å²) in [5.74, 6) is -1.30. The first kappa shape index (κ1) is 13.3. The van der Waals surface area contributed by atoms with Crippen LogP contribution in [-0.2, 0) is 11.3 Å². The number of nitrogen functional groups attached to an aromatic ring is 1. The number of hydrogen-bond acceptors (Lipinski definition) is 3. The molecule has 0 saturated carbocycles. The Morgan fingerprint density at radius 1 is 1.45 bits per heavy atom. The van der Waals surface area contributed by atoms with Crippen LogP contribution in [0.5, 0.6) is 0 Å². The first-order valence-electron chi connectivity index (χ1n) is 6.83. The molecule has 1 aromatic heterocycles. The zero-order chi connectivity index (χ0) is 14.3. The van der Waals surface area contributed by atoms with E-state index in [1.165, 1.54) is 6.07 Å². The van der Waals surface area contributed by atoms with Crippen LogP contribution in [0.25, 0.3) is 11.0 Å². The van der Waals surface area contributed by atoms with Crippen LogP contribution in [0.2, 0.25) is 0 Å². The lowest BCUT2D eigenvalue weighted by Crippen LogP contribution is -2.21. The summed E-state index contributed by atoms with van der Waals surface area (Å²) in [4.78, 5) is 4.10. The minimum atomic E-state index is -0.890. The summed E-state index contributed by atoms with van der Waals surface area (Å²) < 4.78 is 34.6. The number of ether oxygens (including phenoxy) is 1. The van der Waals surface area contributed by atoms with Crippen molar-refractivity contribution < 1.29 is 13.5 Å². The number of imidazole rings is 1. The monoisotopic (exact) mass is 281 g/mol. The van der Waals surface area contributed by atoms with Crippen LogP contribution in [-0.4, -0.2) is 22.3 Å². The third-order valence-electron chi connectivity index (χ3n) is 4.00. The van der Waals surface area contributed by atoms with Crippen LogP contribution in [0, 0.1) is 17.6 Å². The van der Waals surface area contributed by atoms with Crippen LogP contribution < -0.4 is 5.73 Å². The van der Waals surface area contributed by atoms with Crippen molar-refractivity contribution in [3.63, 3.8) is 0 Å². The number of hydrogen-bond donors (Lipinski definition) is 1. The number of nitrogens with two attached hydrogens (primary N) is 1. The predicted octanol–water partition coefficient (Wildman–Crippen LogP) is 2.71. The molecule has 2 unspecified atom stereocenters. The normalized spacial score (nSPS) is 22.8. The fraction of sp³-hybridized carbons (Fsp3) is 0.500. The van der Waals surface area contributed by atoms with Gasteiger partial charge in [-0.3, -0.25) is 0 Å². The van der Waals surface area contributed by atoms with Gasteiger partial charge in [0.05, 0.1) is 11.6 Å². The van der Waals surface area contributed by atoms with Gasteiger partial charge in [0.2, 0.25) is 5.95 Å². The minimum absolute atomic E-state index is 0.142. The molecule has 2 heterocycles. The SMILES string of the molecule is CCC1OCCC1Cn1c(N)nc2ccc(F)c(F)c21. The highest BCUT2D eigenvalue weighted by Crippen LogP contribution is 2.29. The van der Waals surface area contributed by atoms with Gasteiger partial charge in [-0.05, 0) is 25.0 Å². The summed E-state index contributed by atoms with van der Waals surface area (Å²) in [6, 6.07) is 2.52. The maximum atomic E-state index is 14.0. The number of fused-ring (bicyclic) bond motifs is 1. The van der Waals surface area contributed by atoms with E-state index in [9.17, 15) is 8.78 Å². The topological polar surface area (TPSA) is 53.1 Å². The Morgan fingerprint density at radius 2 is 2.25 bits per heavy atom. The van der Waals surface area contributed by atoms with E-state index in [4.69, 9.17) is 10.5 Å². The Kier molecular flexibility index (Phi) is 3.33. The van der Waals surface area contributed by atoms with E-state index in [0.717, 1.165) is 18.9 Å². The van der Waals surface area contributed by atoms with Crippen LogP contribution in [0.3, 0.4) is 0 Å². The van der Waals surface area contributed by atoms with Crippen molar-refractivity contribution in [3.05, 3.63) is 23.8 Å². The molecule has 1 aliphatic rings. The maximum Gasteiger partial charge on any atom is 0.201 e. The van der Waals surface area contributed by atoms with Gasteiger partial charge in [0.25, 0.3) is 0 Å². The second-order valence-corrected chi connectivity index (χ2v) is 5.18. The van der Waals surface area contributed by atoms with Gasteiger partial charge in [-0.1, -0.05) is 6.92 Å². The Labute approximate surface area is 115 Å². The van der Waals surface area contributed by atoms with Crippen molar-refractivity contribution in [2.45, 2.75) is 32.4 Å². The van der Waals surface area contributed by atoms with Gasteiger partial charge in [0.1, 0.15) is 5.52 Å². The van der Waals surface area contributed by atoms with Gasteiger partial charge in [-0.25, -0.2) is 13.8 Å². The zero-order valence-corrected chi connectivity index (χ0v) is 11.3. The van der Waals surface area contributed by atoms with E-state index in [-0.39, 0.29) is 23.5 Å². The van der Waals surface area contributed by atoms with Crippen molar-refractivity contribution in [2.75, 3.05) is 12.3 Å². The molecule has 6 heteroatoms. The van der Waals surface area contributed by atoms with E-state index in [1.54, 1.807) is 4.57 Å². The number of benzene rings is 1. The summed E-state index contributed by atoms with van der Waals surface area (Å²) in [5, 5.41) is 0. The highest BCUT2D eigenvalue weighted by atomic mass is 19.2. The minimum Gasteiger partial charge on any atom is -0.378 e. The van der Waals surface area contributed by atoms with Crippen molar-refractivity contribution in [1.29, 1.82) is 0 Å². The highest BCUT2D eigenvalue weighted by molar-refractivity contribution is 5.79. The molecule has 2 atom stereocenters. The van der Waals surface area contributed by atoms with E-state index < -0.39 is 11.6 Å². The van der Waals surface area contributed by atoms with E-state index in [2.05, 4.69) is 11.9 Å². The smallest absolute Gasteiger partial charge is 0.201 e. The van der Waals surface area contributed by atoms with Crippen molar-refractivity contribution in [3.8, 4) is 0 Å². The standard InChI is InChI=1S/C14H17F2N3O/c1-2-11-8(5-6-20-11)7-19-13-10(18-14(19)17)4-3-9(15)12(13)16/h3-4,8,11H,2,5-7H2,1H3,(H2,17,18). The highest BCUT2D eigenvalue weighted by Gasteiger charge is 2.28. The number of rotatable bonds is 3. The van der Waals surface area contributed by atoms with Gasteiger partial charge in [-0.15, -0.1) is 0 Å². The molecule has 1 aliphatic heterocycles. The van der Waals surface area contributed by atoms with Crippen LogP contribution in [0.15, 0.2) is 12.1 Å². The molecule has 20 heavy (non-hydrogen) atoms. The molecule has 4 nitrogen and oxygen atoms in total. The molecule has 1 saturated heterocycles. The average molecular weight is 281 g/mol. The molecule has 0 bridgehead atoms. The zero-order valence-electron chi connectivity index (χ0n) is 11.3. The molecule has 0 radical (unpaired) electrons. The fourth-order valence-corrected chi connectivity index (χ4v) is 2.95. The molecule has 1 aromatic carbocycles. The Hall–Kier alpha value is -1.69. The number of nitrogens with zero attached hydrogens (tertiary/aromatic N) is 2. The Balaban J connectivity index is 2.02. The van der Waals surface area contributed by atoms with E-state index in [1.807, 2.05) is 0 Å². The third-order valence-corrected chi connectivity index (χ3v) is 4.00. The summed E-state index contributed by atoms with van der Waals surface area (Å²) in [7, 11) is 0. The molecule has 2 N–H and O–H groups in total. The molecular weight excluding hydrogens is 264 g/mol. The van der Waals surface area contributed by atoms with Crippen LogP contribution in [0.4, 0.5) is 14.7 Å². The maximum absolute atomic E-state index is 14.0. The van der Waals surface area contributed by atoms with Gasteiger partial charge >= 0.3 is 0 Å². The van der Waals surface area contributed by atoms with Gasteiger partial charge in [0, 0.05) is 19.1 Å². The second-order valence-electron chi connectivity index (χ2n) is 5.18. The largest absolute Gasteiger partial charge is 0.378 e. The molecule has 0 aliphatic carbocycles. The second kappa shape index (κ2) is 5.01. The quantitative estimate of drug-likeness (QED) is 0.941. The Bertz CT molecular complexity index is 641. The fourth-order valence-electron chi connectivity index (χ4n) is 2.95. The van der Waals surface area contributed by atoms with Gasteiger partial charge in [0.15, 0.2) is 11.6 Å². The molecule has 2 aromatic rings. The molecule has 108 valence electrons. The average Bonchev–Trinajstić information content (AvgIpc) is 3.00. The number of aromatic nitrogens is 2. The molecule has 1 fully saturated rings. The number of halogens is 2. The van der Waals surface area contributed by atoms with Crippen LogP contribution >= 0.6 is 0 Å². The summed E-state index contributed by atoms with van der Waals surface area (Å²) in [5.41, 5.74) is 6.38. The van der Waals surface area contributed by atoms with Crippen molar-refractivity contribution >= 4 is 17.0 Å². The van der Waals surface area contributed by atoms with Gasteiger partial charge in [-0.2, -0.15) is 0 Å². The molecule has 0 spiro atoms. The van der Waals surface area contributed by atoms with Gasteiger partial charge < -0.3 is 15.0 Å². The summed E-state index contributed by atoms with van der Waals surface area (Å²) >= 11 is 0. The van der Waals surface area contributed by atoms with Crippen molar-refractivity contribution in [2.24, 2.45) is 5.92 Å². The van der Waals surface area contributed by atoms with E-state index in [0.29, 0.717) is 18.7 Å². The summed E-state index contributed by atoms with van der Waals surface area (Å²) in [6.45, 7) is 3.26. The number of anilines is 1. The first-order valence-corrected chi connectivity index (χ1v) is 6.83. The van der Waals surface area contributed by atoms with Crippen molar-refractivity contribution in [1.82, 2.24) is 9.55 Å². The molecular formula is C14H17F2N3O. The molecule has 3 rings (SSSR count). The lowest BCUT2D eigenvalue weighted by Gasteiger charge is -2.18. The first-order chi connectivity index (χ1) is 9.61. The lowest BCUT2D eigenvalue weighted by molar-refractivity contribution is 0.0838. The van der Waals surface area contributed by atoms with Crippen LogP contribution in [0.1, 0.15) is 19.8 Å². The third kappa shape index (κ3) is 2.04. The van der Waals surface area contributed by atoms with E-state index >= 15 is 0 Å². The lowest BCUT2D eigenvalue weighted by atomic mass is 9.99.